The molecule has 0 aliphatic carbocycles. The van der Waals surface area contributed by atoms with Gasteiger partial charge in [0, 0.05) is 13.3 Å². The summed E-state index contributed by atoms with van der Waals surface area (Å²) in [6, 6.07) is 4.93. The molecule has 4 nitrogen and oxygen atoms in total. The van der Waals surface area contributed by atoms with Gasteiger partial charge in [0.15, 0.2) is 0 Å². The maximum atomic E-state index is 11.0. The second kappa shape index (κ2) is 5.48. The minimum absolute atomic E-state index is 0.302. The van der Waals surface area contributed by atoms with Gasteiger partial charge in [-0.05, 0) is 30.5 Å². The Bertz CT molecular complexity index is 440. The Kier molecular flexibility index (Phi) is 4.26. The number of nitrogens with one attached hydrogen (secondary N) is 1. The first-order valence-corrected chi connectivity index (χ1v) is 5.46. The first-order chi connectivity index (χ1) is 7.90. The molecule has 92 valence electrons. The van der Waals surface area contributed by atoms with Crippen LogP contribution in [-0.2, 0) is 16.0 Å². The largest absolute Gasteiger partial charge is 0.480 e. The number of rotatable bonds is 4. The molecule has 0 saturated carbocycles. The van der Waals surface area contributed by atoms with E-state index in [4.69, 9.17) is 5.11 Å². The minimum Gasteiger partial charge on any atom is -0.480 e. The predicted molar refractivity (Wildman–Crippen MR) is 64.9 cm³/mol. The second-order valence-electron chi connectivity index (χ2n) is 4.21. The second-order valence-corrected chi connectivity index (χ2v) is 4.21. The van der Waals surface area contributed by atoms with Gasteiger partial charge in [0.1, 0.15) is 6.04 Å². The molecule has 0 aliphatic rings. The Morgan fingerprint density at radius 2 is 1.94 bits per heavy atom. The molecule has 0 saturated heterocycles. The molecule has 2 N–H and O–H groups in total. The van der Waals surface area contributed by atoms with Crippen molar-refractivity contribution in [1.82, 2.24) is 5.32 Å². The zero-order valence-electron chi connectivity index (χ0n) is 10.3. The Labute approximate surface area is 101 Å². The van der Waals surface area contributed by atoms with Crippen molar-refractivity contribution in [2.75, 3.05) is 0 Å². The SMILES string of the molecule is CC(=O)N[C@@H](Cc1ccc(C)c(C)c1)C(=O)O. The molecule has 1 rings (SSSR count). The smallest absolute Gasteiger partial charge is 0.326 e. The van der Waals surface area contributed by atoms with Crippen molar-refractivity contribution in [3.8, 4) is 0 Å². The van der Waals surface area contributed by atoms with Gasteiger partial charge in [-0.3, -0.25) is 4.79 Å². The molecule has 1 amide bonds. The van der Waals surface area contributed by atoms with E-state index in [2.05, 4.69) is 5.32 Å². The minimum atomic E-state index is -1.02. The van der Waals surface area contributed by atoms with Crippen LogP contribution < -0.4 is 5.32 Å². The van der Waals surface area contributed by atoms with Crippen LogP contribution in [0.1, 0.15) is 23.6 Å². The van der Waals surface area contributed by atoms with E-state index in [0.717, 1.165) is 11.1 Å². The lowest BCUT2D eigenvalue weighted by Gasteiger charge is -2.14. The van der Waals surface area contributed by atoms with Crippen LogP contribution in [0.25, 0.3) is 0 Å². The van der Waals surface area contributed by atoms with E-state index in [9.17, 15) is 9.59 Å². The van der Waals surface area contributed by atoms with Gasteiger partial charge in [-0.1, -0.05) is 18.2 Å². The molecular formula is C13H17NO3. The molecule has 0 aromatic heterocycles. The average molecular weight is 235 g/mol. The van der Waals surface area contributed by atoms with Crippen molar-refractivity contribution in [2.24, 2.45) is 0 Å². The molecule has 0 unspecified atom stereocenters. The summed E-state index contributed by atoms with van der Waals surface area (Å²) >= 11 is 0. The molecule has 0 heterocycles. The first kappa shape index (κ1) is 13.2. The average Bonchev–Trinajstić information content (AvgIpc) is 2.21. The molecule has 1 aromatic rings. The van der Waals surface area contributed by atoms with Crippen molar-refractivity contribution in [3.63, 3.8) is 0 Å². The van der Waals surface area contributed by atoms with Crippen LogP contribution in [0.4, 0.5) is 0 Å². The molecule has 17 heavy (non-hydrogen) atoms. The lowest BCUT2D eigenvalue weighted by atomic mass is 10.0. The normalized spacial score (nSPS) is 11.9. The van der Waals surface area contributed by atoms with Gasteiger partial charge in [0.2, 0.25) is 5.91 Å². The van der Waals surface area contributed by atoms with E-state index in [-0.39, 0.29) is 5.91 Å². The summed E-state index contributed by atoms with van der Waals surface area (Å²) in [6.45, 7) is 5.30. The van der Waals surface area contributed by atoms with Crippen LogP contribution in [0.5, 0.6) is 0 Å². The fourth-order valence-corrected chi connectivity index (χ4v) is 1.61. The Hall–Kier alpha value is -1.84. The Morgan fingerprint density at radius 3 is 2.41 bits per heavy atom. The van der Waals surface area contributed by atoms with Gasteiger partial charge in [-0.2, -0.15) is 0 Å². The monoisotopic (exact) mass is 235 g/mol. The van der Waals surface area contributed by atoms with E-state index in [1.807, 2.05) is 32.0 Å². The molecule has 0 aliphatic heterocycles. The van der Waals surface area contributed by atoms with E-state index in [1.165, 1.54) is 12.5 Å². The van der Waals surface area contributed by atoms with Crippen LogP contribution in [0, 0.1) is 13.8 Å². The zero-order valence-corrected chi connectivity index (χ0v) is 10.3. The third-order valence-corrected chi connectivity index (χ3v) is 2.69. The highest BCUT2D eigenvalue weighted by molar-refractivity contribution is 5.82. The Balaban J connectivity index is 2.82. The number of carbonyl (C=O) groups is 2. The summed E-state index contributed by atoms with van der Waals surface area (Å²) in [4.78, 5) is 21.9. The van der Waals surface area contributed by atoms with Gasteiger partial charge in [-0.25, -0.2) is 4.79 Å². The molecular weight excluding hydrogens is 218 g/mol. The van der Waals surface area contributed by atoms with Crippen LogP contribution in [0.15, 0.2) is 18.2 Å². The third kappa shape index (κ3) is 3.90. The lowest BCUT2D eigenvalue weighted by Crippen LogP contribution is -2.41. The van der Waals surface area contributed by atoms with Gasteiger partial charge >= 0.3 is 5.97 Å². The molecule has 0 fully saturated rings. The van der Waals surface area contributed by atoms with Crippen LogP contribution in [-0.4, -0.2) is 23.0 Å². The zero-order chi connectivity index (χ0) is 13.0. The molecule has 0 bridgehead atoms. The summed E-state index contributed by atoms with van der Waals surface area (Å²) < 4.78 is 0. The number of aryl methyl sites for hydroxylation is 2. The summed E-state index contributed by atoms with van der Waals surface area (Å²) in [5.74, 6) is -1.35. The van der Waals surface area contributed by atoms with Gasteiger partial charge in [-0.15, -0.1) is 0 Å². The highest BCUT2D eigenvalue weighted by atomic mass is 16.4. The number of carbonyl (C=O) groups excluding carboxylic acids is 1. The van der Waals surface area contributed by atoms with E-state index >= 15 is 0 Å². The molecule has 4 heteroatoms. The van der Waals surface area contributed by atoms with Crippen LogP contribution >= 0.6 is 0 Å². The maximum Gasteiger partial charge on any atom is 0.326 e. The molecule has 1 atom stereocenters. The highest BCUT2D eigenvalue weighted by Gasteiger charge is 2.18. The van der Waals surface area contributed by atoms with E-state index in [1.54, 1.807) is 0 Å². The van der Waals surface area contributed by atoms with Gasteiger partial charge in [0.25, 0.3) is 0 Å². The predicted octanol–water partition coefficient (Wildman–Crippen LogP) is 1.44. The maximum absolute atomic E-state index is 11.0. The van der Waals surface area contributed by atoms with Crippen molar-refractivity contribution < 1.29 is 14.7 Å². The first-order valence-electron chi connectivity index (χ1n) is 5.46. The van der Waals surface area contributed by atoms with Crippen molar-refractivity contribution in [3.05, 3.63) is 34.9 Å². The highest BCUT2D eigenvalue weighted by Crippen LogP contribution is 2.11. The van der Waals surface area contributed by atoms with Gasteiger partial charge in [0.05, 0.1) is 0 Å². The Morgan fingerprint density at radius 1 is 1.29 bits per heavy atom. The third-order valence-electron chi connectivity index (χ3n) is 2.69. The summed E-state index contributed by atoms with van der Waals surface area (Å²) in [7, 11) is 0. The van der Waals surface area contributed by atoms with Crippen molar-refractivity contribution in [2.45, 2.75) is 33.2 Å². The van der Waals surface area contributed by atoms with Crippen LogP contribution in [0.2, 0.25) is 0 Å². The summed E-state index contributed by atoms with van der Waals surface area (Å²) in [6.07, 6.45) is 0.302. The van der Waals surface area contributed by atoms with E-state index in [0.29, 0.717) is 6.42 Å². The molecule has 0 radical (unpaired) electrons. The topological polar surface area (TPSA) is 66.4 Å². The van der Waals surface area contributed by atoms with Crippen molar-refractivity contribution in [1.29, 1.82) is 0 Å². The van der Waals surface area contributed by atoms with Crippen molar-refractivity contribution >= 4 is 11.9 Å². The lowest BCUT2D eigenvalue weighted by molar-refractivity contribution is -0.141. The standard InChI is InChI=1S/C13H17NO3/c1-8-4-5-11(6-9(8)2)7-12(13(16)17)14-10(3)15/h4-6,12H,7H2,1-3H3,(H,14,15)(H,16,17)/t12-/m0/s1. The summed E-state index contributed by atoms with van der Waals surface area (Å²) in [5, 5.41) is 11.4. The fraction of sp³-hybridized carbons (Fsp3) is 0.385. The number of aliphatic carboxylic acids is 1. The fourth-order valence-electron chi connectivity index (χ4n) is 1.61. The number of benzene rings is 1. The number of carboxylic acids is 1. The van der Waals surface area contributed by atoms with E-state index < -0.39 is 12.0 Å². The van der Waals surface area contributed by atoms with Gasteiger partial charge < -0.3 is 10.4 Å². The molecule has 1 aromatic carbocycles. The number of hydrogen-bond donors (Lipinski definition) is 2. The molecule has 0 spiro atoms. The number of amides is 1. The number of hydrogen-bond acceptors (Lipinski definition) is 2. The van der Waals surface area contributed by atoms with Crippen LogP contribution in [0.3, 0.4) is 0 Å². The number of carboxylic acid groups (broad SMARTS) is 1. The quantitative estimate of drug-likeness (QED) is 0.829. The summed E-state index contributed by atoms with van der Waals surface area (Å²) in [5.41, 5.74) is 3.20.